The van der Waals surface area contributed by atoms with Gasteiger partial charge in [-0.15, -0.1) is 0 Å². The molecule has 0 aliphatic carbocycles. The molecule has 1 heterocycles. The average molecular weight is 594 g/mol. The molecule has 2 atom stereocenters. The molecule has 0 radical (unpaired) electrons. The molecule has 2 unspecified atom stereocenters. The van der Waals surface area contributed by atoms with Crippen molar-refractivity contribution >= 4 is 33.0 Å². The fraction of sp³-hybridized carbons (Fsp3) is 0.290. The third-order valence-corrected chi connectivity index (χ3v) is 8.60. The van der Waals surface area contributed by atoms with Crippen molar-refractivity contribution in [1.29, 1.82) is 0 Å². The second-order valence-electron chi connectivity index (χ2n) is 10.5. The second-order valence-corrected chi connectivity index (χ2v) is 12.4. The highest BCUT2D eigenvalue weighted by molar-refractivity contribution is 7.89. The molecule has 4 rings (SSSR count). The number of hydrogen-bond donors (Lipinski definition) is 4. The number of aliphatic hydroxyl groups excluding tert-OH is 1. The zero-order valence-corrected chi connectivity index (χ0v) is 24.3. The maximum Gasteiger partial charge on any atom is 0.404 e. The van der Waals surface area contributed by atoms with E-state index in [0.29, 0.717) is 22.1 Å². The highest BCUT2D eigenvalue weighted by Gasteiger charge is 2.31. The monoisotopic (exact) mass is 593 g/mol. The van der Waals surface area contributed by atoms with Crippen LogP contribution >= 0.6 is 0 Å². The molecule has 10 nitrogen and oxygen atoms in total. The number of fused-ring (bicyclic) bond motifs is 1. The number of rotatable bonds is 13. The van der Waals surface area contributed by atoms with Crippen LogP contribution in [0.1, 0.15) is 35.3 Å². The molecule has 4 N–H and O–H groups in total. The fourth-order valence-corrected chi connectivity index (χ4v) is 6.35. The Morgan fingerprint density at radius 2 is 1.62 bits per heavy atom. The maximum absolute atomic E-state index is 13.9. The topological polar surface area (TPSA) is 149 Å². The Bertz CT molecular complexity index is 1610. The number of furan rings is 1. The third-order valence-electron chi connectivity index (χ3n) is 6.77. The molecule has 222 valence electrons. The zero-order valence-electron chi connectivity index (χ0n) is 23.4. The van der Waals surface area contributed by atoms with Crippen molar-refractivity contribution in [3.8, 4) is 0 Å². The largest absolute Gasteiger partial charge is 0.465 e. The smallest absolute Gasteiger partial charge is 0.404 e. The van der Waals surface area contributed by atoms with Crippen LogP contribution in [0.15, 0.2) is 94.4 Å². The van der Waals surface area contributed by atoms with Crippen LogP contribution in [-0.2, 0) is 23.0 Å². The first kappa shape index (κ1) is 30.8. The first-order chi connectivity index (χ1) is 20.0. The standard InChI is InChI=1S/C31H35N3O7S/c1-21(2)18-34(19-28(35)27(33-31(37)38)15-22-9-5-3-6-10-22)42(39,40)25-13-14-29-26(16-25)24(20-41-29)17-32-30(36)23-11-7-4-8-12-23/h3-14,16,20-21,27-28,33,35H,15,17-19H2,1-2H3,(H,32,36)(H,37,38). The van der Waals surface area contributed by atoms with Crippen molar-refractivity contribution in [2.24, 2.45) is 5.92 Å². The van der Waals surface area contributed by atoms with Crippen molar-refractivity contribution < 1.29 is 32.6 Å². The molecule has 0 aliphatic heterocycles. The molecule has 0 fully saturated rings. The number of amides is 2. The van der Waals surface area contributed by atoms with Crippen LogP contribution in [0.2, 0.25) is 0 Å². The van der Waals surface area contributed by atoms with Gasteiger partial charge in [0, 0.05) is 36.1 Å². The molecule has 2 amide bonds. The van der Waals surface area contributed by atoms with Gasteiger partial charge in [0.2, 0.25) is 10.0 Å². The summed E-state index contributed by atoms with van der Waals surface area (Å²) in [6.07, 6.45) is -0.974. The molecule has 1 aromatic heterocycles. The second kappa shape index (κ2) is 13.6. The Labute approximate surface area is 245 Å². The van der Waals surface area contributed by atoms with Crippen LogP contribution in [0.5, 0.6) is 0 Å². The van der Waals surface area contributed by atoms with E-state index in [1.54, 1.807) is 30.3 Å². The van der Waals surface area contributed by atoms with Crippen molar-refractivity contribution in [1.82, 2.24) is 14.9 Å². The van der Waals surface area contributed by atoms with E-state index in [1.165, 1.54) is 22.7 Å². The van der Waals surface area contributed by atoms with Crippen molar-refractivity contribution in [2.75, 3.05) is 13.1 Å². The lowest BCUT2D eigenvalue weighted by Gasteiger charge is -2.30. The number of carbonyl (C=O) groups excluding carboxylic acids is 1. The molecule has 0 bridgehead atoms. The number of benzene rings is 3. The molecule has 42 heavy (non-hydrogen) atoms. The molecule has 3 aromatic carbocycles. The summed E-state index contributed by atoms with van der Waals surface area (Å²) >= 11 is 0. The molecular formula is C31H35N3O7S. The Morgan fingerprint density at radius 3 is 2.26 bits per heavy atom. The number of nitrogens with zero attached hydrogens (tertiary/aromatic N) is 1. The number of sulfonamides is 1. The van der Waals surface area contributed by atoms with Gasteiger partial charge in [0.05, 0.1) is 23.3 Å². The molecular weight excluding hydrogens is 558 g/mol. The summed E-state index contributed by atoms with van der Waals surface area (Å²) in [4.78, 5) is 24.0. The zero-order chi connectivity index (χ0) is 30.3. The van der Waals surface area contributed by atoms with Gasteiger partial charge in [-0.2, -0.15) is 4.31 Å². The normalized spacial score (nSPS) is 13.3. The van der Waals surface area contributed by atoms with E-state index in [-0.39, 0.29) is 42.8 Å². The van der Waals surface area contributed by atoms with Gasteiger partial charge in [-0.3, -0.25) is 4.79 Å². The Balaban J connectivity index is 1.57. The summed E-state index contributed by atoms with van der Waals surface area (Å²) < 4.78 is 34.6. The summed E-state index contributed by atoms with van der Waals surface area (Å²) in [6, 6.07) is 21.3. The third kappa shape index (κ3) is 7.75. The fourth-order valence-electron chi connectivity index (χ4n) is 4.70. The summed E-state index contributed by atoms with van der Waals surface area (Å²) in [6.45, 7) is 3.63. The summed E-state index contributed by atoms with van der Waals surface area (Å²) in [7, 11) is -4.12. The Hall–Kier alpha value is -4.19. The van der Waals surface area contributed by atoms with Crippen LogP contribution < -0.4 is 10.6 Å². The van der Waals surface area contributed by atoms with Gasteiger partial charge in [-0.1, -0.05) is 62.4 Å². The number of nitrogens with one attached hydrogen (secondary N) is 2. The predicted molar refractivity (Wildman–Crippen MR) is 159 cm³/mol. The predicted octanol–water partition coefficient (Wildman–Crippen LogP) is 4.25. The molecule has 0 spiro atoms. The first-order valence-corrected chi connectivity index (χ1v) is 15.0. The van der Waals surface area contributed by atoms with Gasteiger partial charge in [0.15, 0.2) is 0 Å². The van der Waals surface area contributed by atoms with Crippen molar-refractivity contribution in [3.63, 3.8) is 0 Å². The lowest BCUT2D eigenvalue weighted by molar-refractivity contribution is 0.0951. The van der Waals surface area contributed by atoms with E-state index in [9.17, 15) is 28.2 Å². The van der Waals surface area contributed by atoms with E-state index in [4.69, 9.17) is 4.42 Å². The summed E-state index contributed by atoms with van der Waals surface area (Å²) in [5, 5.41) is 26.2. The lowest BCUT2D eigenvalue weighted by atomic mass is 10.0. The Morgan fingerprint density at radius 1 is 0.952 bits per heavy atom. The minimum atomic E-state index is -4.12. The van der Waals surface area contributed by atoms with E-state index >= 15 is 0 Å². The average Bonchev–Trinajstić information content (AvgIpc) is 3.38. The minimum Gasteiger partial charge on any atom is -0.465 e. The highest BCUT2D eigenvalue weighted by atomic mass is 32.2. The van der Waals surface area contributed by atoms with E-state index < -0.39 is 28.3 Å². The first-order valence-electron chi connectivity index (χ1n) is 13.6. The maximum atomic E-state index is 13.9. The molecule has 4 aromatic rings. The summed E-state index contributed by atoms with van der Waals surface area (Å²) in [5.41, 5.74) is 2.36. The van der Waals surface area contributed by atoms with Gasteiger partial charge in [0.25, 0.3) is 5.91 Å². The molecule has 0 aliphatic rings. The Kier molecular flexibility index (Phi) is 10.00. The number of aliphatic hydroxyl groups is 1. The quantitative estimate of drug-likeness (QED) is 0.181. The van der Waals surface area contributed by atoms with Crippen LogP contribution in [0, 0.1) is 5.92 Å². The van der Waals surface area contributed by atoms with Crippen LogP contribution in [-0.4, -0.2) is 60.2 Å². The molecule has 11 heteroatoms. The van der Waals surface area contributed by atoms with Gasteiger partial charge in [-0.05, 0) is 48.2 Å². The number of hydrogen-bond acceptors (Lipinski definition) is 6. The van der Waals surface area contributed by atoms with Crippen LogP contribution in [0.3, 0.4) is 0 Å². The number of carboxylic acid groups (broad SMARTS) is 1. The minimum absolute atomic E-state index is 0.00862. The van der Waals surface area contributed by atoms with E-state index in [1.807, 2.05) is 50.2 Å². The molecule has 0 saturated heterocycles. The lowest BCUT2D eigenvalue weighted by Crippen LogP contribution is -2.50. The highest BCUT2D eigenvalue weighted by Crippen LogP contribution is 2.27. The molecule has 0 saturated carbocycles. The van der Waals surface area contributed by atoms with Gasteiger partial charge in [-0.25, -0.2) is 13.2 Å². The van der Waals surface area contributed by atoms with Gasteiger partial charge < -0.3 is 25.3 Å². The van der Waals surface area contributed by atoms with Crippen molar-refractivity contribution in [3.05, 3.63) is 102 Å². The van der Waals surface area contributed by atoms with E-state index in [2.05, 4.69) is 10.6 Å². The van der Waals surface area contributed by atoms with E-state index in [0.717, 1.165) is 5.56 Å². The van der Waals surface area contributed by atoms with Gasteiger partial charge >= 0.3 is 6.09 Å². The van der Waals surface area contributed by atoms with Crippen LogP contribution in [0.4, 0.5) is 4.79 Å². The summed E-state index contributed by atoms with van der Waals surface area (Å²) in [5.74, 6) is -0.348. The van der Waals surface area contributed by atoms with Gasteiger partial charge in [0.1, 0.15) is 5.58 Å². The number of carbonyl (C=O) groups is 2. The van der Waals surface area contributed by atoms with Crippen molar-refractivity contribution in [2.45, 2.75) is 43.9 Å². The van der Waals surface area contributed by atoms with Crippen LogP contribution in [0.25, 0.3) is 11.0 Å². The SMILES string of the molecule is CC(C)CN(CC(O)C(Cc1ccccc1)NC(=O)O)S(=O)(=O)c1ccc2occ(CNC(=O)c3ccccc3)c2c1.